The van der Waals surface area contributed by atoms with E-state index in [4.69, 9.17) is 9.15 Å². The predicted octanol–water partition coefficient (Wildman–Crippen LogP) is 2.39. The minimum absolute atomic E-state index is 0.120. The van der Waals surface area contributed by atoms with Crippen molar-refractivity contribution in [3.63, 3.8) is 0 Å². The lowest BCUT2D eigenvalue weighted by Crippen LogP contribution is -2.42. The van der Waals surface area contributed by atoms with E-state index in [9.17, 15) is 4.79 Å². The number of hydrogen-bond acceptors (Lipinski definition) is 5. The summed E-state index contributed by atoms with van der Waals surface area (Å²) >= 11 is 0. The fraction of sp³-hybridized carbons (Fsp3) is 0.389. The average molecular weight is 340 g/mol. The van der Waals surface area contributed by atoms with Crippen LogP contribution in [0.4, 0.5) is 0 Å². The first-order valence-corrected chi connectivity index (χ1v) is 8.45. The quantitative estimate of drug-likeness (QED) is 0.788. The molecule has 3 aromatic rings. The Morgan fingerprint density at radius 1 is 1.36 bits per heavy atom. The van der Waals surface area contributed by atoms with Crippen LogP contribution >= 0.6 is 0 Å². The van der Waals surface area contributed by atoms with Crippen molar-refractivity contribution in [1.82, 2.24) is 20.1 Å². The maximum absolute atomic E-state index is 12.6. The number of carbonyl (C=O) groups excluding carboxylic acids is 1. The Hall–Kier alpha value is -2.67. The molecule has 1 fully saturated rings. The summed E-state index contributed by atoms with van der Waals surface area (Å²) in [5.74, 6) is 1.06. The molecule has 3 heterocycles. The van der Waals surface area contributed by atoms with Crippen LogP contribution < -0.4 is 0 Å². The number of carbonyl (C=O) groups is 1. The lowest BCUT2D eigenvalue weighted by Gasteiger charge is -2.31. The first kappa shape index (κ1) is 15.8. The largest absolute Gasteiger partial charge is 0.423 e. The Labute approximate surface area is 145 Å². The van der Waals surface area contributed by atoms with E-state index >= 15 is 0 Å². The van der Waals surface area contributed by atoms with Crippen molar-refractivity contribution in [2.75, 3.05) is 19.7 Å². The number of para-hydroxylation sites is 1. The van der Waals surface area contributed by atoms with Crippen molar-refractivity contribution in [1.29, 1.82) is 0 Å². The second-order valence-electron chi connectivity index (χ2n) is 6.22. The summed E-state index contributed by atoms with van der Waals surface area (Å²) in [5.41, 5.74) is 2.27. The Bertz CT molecular complexity index is 885. The van der Waals surface area contributed by atoms with Gasteiger partial charge in [-0.2, -0.15) is 0 Å². The molecule has 0 saturated carbocycles. The number of benzene rings is 1. The Morgan fingerprint density at radius 3 is 3.08 bits per heavy atom. The lowest BCUT2D eigenvalue weighted by molar-refractivity contribution is -0.139. The molecule has 1 amide bonds. The number of aromatic amines is 1. The van der Waals surface area contributed by atoms with Crippen LogP contribution in [0.3, 0.4) is 0 Å². The fourth-order valence-electron chi connectivity index (χ4n) is 3.21. The van der Waals surface area contributed by atoms with Crippen LogP contribution in [0.15, 0.2) is 34.9 Å². The van der Waals surface area contributed by atoms with Gasteiger partial charge in [-0.15, -0.1) is 10.2 Å². The van der Waals surface area contributed by atoms with Gasteiger partial charge in [0.2, 0.25) is 17.7 Å². The van der Waals surface area contributed by atoms with Gasteiger partial charge in [-0.1, -0.05) is 18.2 Å². The van der Waals surface area contributed by atoms with Gasteiger partial charge in [-0.3, -0.25) is 4.79 Å². The van der Waals surface area contributed by atoms with E-state index < -0.39 is 0 Å². The zero-order valence-electron chi connectivity index (χ0n) is 14.1. The molecule has 1 atom stereocenters. The molecule has 1 aliphatic heterocycles. The van der Waals surface area contributed by atoms with Crippen molar-refractivity contribution >= 4 is 16.8 Å². The van der Waals surface area contributed by atoms with E-state index in [1.165, 1.54) is 10.9 Å². The molecular formula is C18H20N4O3. The summed E-state index contributed by atoms with van der Waals surface area (Å²) in [6.07, 6.45) is 2.83. The van der Waals surface area contributed by atoms with E-state index in [1.54, 1.807) is 6.92 Å². The van der Waals surface area contributed by atoms with Crippen LogP contribution in [0.2, 0.25) is 0 Å². The molecule has 0 spiro atoms. The van der Waals surface area contributed by atoms with Crippen LogP contribution in [-0.4, -0.2) is 45.7 Å². The molecule has 2 aromatic heterocycles. The van der Waals surface area contributed by atoms with Gasteiger partial charge < -0.3 is 19.0 Å². The molecular weight excluding hydrogens is 320 g/mol. The van der Waals surface area contributed by atoms with Crippen LogP contribution in [0.1, 0.15) is 29.9 Å². The van der Waals surface area contributed by atoms with Gasteiger partial charge >= 0.3 is 0 Å². The first-order valence-electron chi connectivity index (χ1n) is 8.45. The van der Waals surface area contributed by atoms with Gasteiger partial charge in [0.15, 0.2) is 6.10 Å². The summed E-state index contributed by atoms with van der Waals surface area (Å²) in [7, 11) is 0. The van der Waals surface area contributed by atoms with Crippen molar-refractivity contribution in [2.24, 2.45) is 0 Å². The average Bonchev–Trinajstić information content (AvgIpc) is 3.26. The molecule has 4 rings (SSSR count). The summed E-state index contributed by atoms with van der Waals surface area (Å²) in [6, 6.07) is 8.13. The van der Waals surface area contributed by atoms with Gasteiger partial charge in [0, 0.05) is 37.0 Å². The van der Waals surface area contributed by atoms with Gasteiger partial charge in [0.05, 0.1) is 13.2 Å². The molecule has 0 bridgehead atoms. The summed E-state index contributed by atoms with van der Waals surface area (Å²) in [6.45, 7) is 3.26. The van der Waals surface area contributed by atoms with Crippen molar-refractivity contribution in [3.8, 4) is 0 Å². The van der Waals surface area contributed by atoms with Crippen molar-refractivity contribution in [3.05, 3.63) is 47.8 Å². The predicted molar refractivity (Wildman–Crippen MR) is 90.9 cm³/mol. The normalized spacial score (nSPS) is 18.0. The second-order valence-corrected chi connectivity index (χ2v) is 6.22. The van der Waals surface area contributed by atoms with Crippen LogP contribution in [-0.2, 0) is 16.0 Å². The number of ether oxygens (including phenoxy) is 1. The monoisotopic (exact) mass is 340 g/mol. The summed E-state index contributed by atoms with van der Waals surface area (Å²) in [4.78, 5) is 17.7. The fourth-order valence-corrected chi connectivity index (χ4v) is 3.21. The molecule has 0 unspecified atom stereocenters. The first-order chi connectivity index (χ1) is 12.2. The molecule has 7 nitrogen and oxygen atoms in total. The highest BCUT2D eigenvalue weighted by molar-refractivity contribution is 5.84. The highest BCUT2D eigenvalue weighted by Crippen LogP contribution is 2.23. The van der Waals surface area contributed by atoms with Gasteiger partial charge in [-0.25, -0.2) is 0 Å². The lowest BCUT2D eigenvalue weighted by atomic mass is 10.1. The maximum Gasteiger partial charge on any atom is 0.246 e. The topological polar surface area (TPSA) is 84.2 Å². The highest BCUT2D eigenvalue weighted by atomic mass is 16.5. The molecule has 0 aliphatic carbocycles. The zero-order valence-corrected chi connectivity index (χ0v) is 14.1. The third-order valence-electron chi connectivity index (χ3n) is 4.52. The molecule has 1 N–H and O–H groups in total. The third kappa shape index (κ3) is 3.28. The summed E-state index contributed by atoms with van der Waals surface area (Å²) < 4.78 is 11.1. The van der Waals surface area contributed by atoms with E-state index in [2.05, 4.69) is 21.2 Å². The summed E-state index contributed by atoms with van der Waals surface area (Å²) in [5, 5.41) is 9.00. The molecule has 25 heavy (non-hydrogen) atoms. The number of fused-ring (bicyclic) bond motifs is 1. The number of nitrogens with zero attached hydrogens (tertiary/aromatic N) is 3. The van der Waals surface area contributed by atoms with E-state index in [0.29, 0.717) is 44.3 Å². The number of rotatable bonds is 4. The smallest absolute Gasteiger partial charge is 0.246 e. The number of morpholine rings is 1. The van der Waals surface area contributed by atoms with Gasteiger partial charge in [-0.05, 0) is 18.1 Å². The Kier molecular flexibility index (Phi) is 4.23. The van der Waals surface area contributed by atoms with E-state index in [1.807, 2.05) is 29.3 Å². The highest BCUT2D eigenvalue weighted by Gasteiger charge is 2.28. The molecule has 7 heteroatoms. The van der Waals surface area contributed by atoms with Crippen molar-refractivity contribution in [2.45, 2.75) is 25.9 Å². The van der Waals surface area contributed by atoms with Crippen LogP contribution in [0.5, 0.6) is 0 Å². The number of aryl methyl sites for hydroxylation is 2. The number of nitrogens with one attached hydrogen (secondary N) is 1. The molecule has 0 radical (unpaired) electrons. The zero-order chi connectivity index (χ0) is 17.2. The van der Waals surface area contributed by atoms with Crippen LogP contribution in [0.25, 0.3) is 10.9 Å². The minimum atomic E-state index is -0.341. The number of hydrogen-bond donors (Lipinski definition) is 1. The van der Waals surface area contributed by atoms with Crippen molar-refractivity contribution < 1.29 is 13.9 Å². The SMILES string of the molecule is Cc1nnc([C@H]2CN(C(=O)CCc3c[nH]c4ccccc34)CCO2)o1. The van der Waals surface area contributed by atoms with Crippen LogP contribution in [0, 0.1) is 6.92 Å². The van der Waals surface area contributed by atoms with E-state index in [-0.39, 0.29) is 12.0 Å². The number of H-pyrrole nitrogens is 1. The maximum atomic E-state index is 12.6. The Morgan fingerprint density at radius 2 is 2.24 bits per heavy atom. The number of amides is 1. The van der Waals surface area contributed by atoms with Gasteiger partial charge in [0.25, 0.3) is 0 Å². The Balaban J connectivity index is 1.39. The van der Waals surface area contributed by atoms with Gasteiger partial charge in [0.1, 0.15) is 0 Å². The molecule has 130 valence electrons. The molecule has 1 aromatic carbocycles. The number of aromatic nitrogens is 3. The molecule has 1 aliphatic rings. The second kappa shape index (κ2) is 6.68. The minimum Gasteiger partial charge on any atom is -0.423 e. The standard InChI is InChI=1S/C18H20N4O3/c1-12-20-21-18(25-12)16-11-22(8-9-24-16)17(23)7-6-13-10-19-15-5-3-2-4-14(13)15/h2-5,10,16,19H,6-9,11H2,1H3/t16-/m1/s1. The third-order valence-corrected chi connectivity index (χ3v) is 4.52. The molecule has 1 saturated heterocycles. The van der Waals surface area contributed by atoms with E-state index in [0.717, 1.165) is 5.52 Å².